The van der Waals surface area contributed by atoms with Gasteiger partial charge in [0.05, 0.1) is 4.88 Å². The summed E-state index contributed by atoms with van der Waals surface area (Å²) in [5, 5.41) is 0. The predicted octanol–water partition coefficient (Wildman–Crippen LogP) is 3.88. The zero-order valence-electron chi connectivity index (χ0n) is 15.1. The molecule has 0 saturated heterocycles. The number of primary amides is 1. The number of benzene rings is 2. The number of hydrogen-bond donors (Lipinski definition) is 1. The maximum Gasteiger partial charge on any atom is 0.263 e. The molecule has 0 spiro atoms. The quantitative estimate of drug-likeness (QED) is 0.751. The summed E-state index contributed by atoms with van der Waals surface area (Å²) < 4.78 is 0. The third-order valence-electron chi connectivity index (χ3n) is 4.95. The van der Waals surface area contributed by atoms with Gasteiger partial charge in [0, 0.05) is 24.0 Å². The summed E-state index contributed by atoms with van der Waals surface area (Å²) in [6.45, 7) is 0.483. The summed E-state index contributed by atoms with van der Waals surface area (Å²) in [6.07, 6.45) is 2.00. The van der Waals surface area contributed by atoms with Crippen molar-refractivity contribution in [2.75, 3.05) is 7.05 Å². The molecule has 1 aliphatic rings. The molecule has 0 fully saturated rings. The molecule has 0 bridgehead atoms. The number of rotatable bonds is 4. The number of nitrogens with zero attached hydrogens (tertiary/aromatic N) is 1. The van der Waals surface area contributed by atoms with Gasteiger partial charge in [0.2, 0.25) is 5.91 Å². The normalized spacial score (nSPS) is 12.2. The Kier molecular flexibility index (Phi) is 4.54. The monoisotopic (exact) mass is 376 g/mol. The van der Waals surface area contributed by atoms with Crippen molar-refractivity contribution < 1.29 is 9.59 Å². The maximum absolute atomic E-state index is 12.9. The molecule has 2 amide bonds. The highest BCUT2D eigenvalue weighted by atomic mass is 32.1. The van der Waals surface area contributed by atoms with Crippen LogP contribution < -0.4 is 5.73 Å². The minimum absolute atomic E-state index is 0.0193. The smallest absolute Gasteiger partial charge is 0.263 e. The topological polar surface area (TPSA) is 63.4 Å². The highest BCUT2D eigenvalue weighted by Crippen LogP contribution is 2.39. The second-order valence-electron chi connectivity index (χ2n) is 6.84. The number of thiophene rings is 1. The number of carbonyl (C=O) groups excluding carboxylic acids is 2. The first-order valence-corrected chi connectivity index (χ1v) is 9.70. The second kappa shape index (κ2) is 7.00. The largest absolute Gasteiger partial charge is 0.366 e. The highest BCUT2D eigenvalue weighted by Gasteiger charge is 2.22. The van der Waals surface area contributed by atoms with E-state index in [2.05, 4.69) is 24.3 Å². The summed E-state index contributed by atoms with van der Waals surface area (Å²) in [4.78, 5) is 27.8. The Morgan fingerprint density at radius 3 is 2.48 bits per heavy atom. The predicted molar refractivity (Wildman–Crippen MR) is 108 cm³/mol. The molecule has 4 rings (SSSR count). The lowest BCUT2D eigenvalue weighted by atomic mass is 9.91. The lowest BCUT2D eigenvalue weighted by Crippen LogP contribution is -2.25. The summed E-state index contributed by atoms with van der Waals surface area (Å²) >= 11 is 1.58. The van der Waals surface area contributed by atoms with Crippen molar-refractivity contribution in [1.82, 2.24) is 4.90 Å². The third-order valence-corrected chi connectivity index (χ3v) is 6.15. The van der Waals surface area contributed by atoms with Crippen LogP contribution in [0.15, 0.2) is 54.6 Å². The molecular weight excluding hydrogens is 356 g/mol. The molecule has 0 atom stereocenters. The fourth-order valence-corrected chi connectivity index (χ4v) is 4.75. The van der Waals surface area contributed by atoms with E-state index in [1.807, 2.05) is 18.2 Å². The van der Waals surface area contributed by atoms with Gasteiger partial charge in [-0.05, 0) is 53.3 Å². The van der Waals surface area contributed by atoms with Crippen molar-refractivity contribution in [2.45, 2.75) is 19.4 Å². The minimum Gasteiger partial charge on any atom is -0.366 e. The summed E-state index contributed by atoms with van der Waals surface area (Å²) in [7, 11) is 1.80. The Hall–Kier alpha value is -2.92. The fraction of sp³-hybridized carbons (Fsp3) is 0.182. The molecule has 5 heteroatoms. The molecule has 1 aromatic heterocycles. The molecule has 27 heavy (non-hydrogen) atoms. The van der Waals surface area contributed by atoms with Gasteiger partial charge in [-0.1, -0.05) is 36.4 Å². The first-order chi connectivity index (χ1) is 13.0. The lowest BCUT2D eigenvalue weighted by Gasteiger charge is -2.16. The van der Waals surface area contributed by atoms with E-state index in [1.54, 1.807) is 35.4 Å². The molecule has 0 radical (unpaired) electrons. The number of nitrogens with two attached hydrogens (primary N) is 1. The van der Waals surface area contributed by atoms with E-state index in [-0.39, 0.29) is 5.91 Å². The third kappa shape index (κ3) is 3.38. The molecule has 0 aliphatic heterocycles. The summed E-state index contributed by atoms with van der Waals surface area (Å²) in [5.41, 5.74) is 10.6. The zero-order valence-corrected chi connectivity index (χ0v) is 15.9. The second-order valence-corrected chi connectivity index (χ2v) is 7.90. The molecule has 2 aromatic carbocycles. The van der Waals surface area contributed by atoms with E-state index in [9.17, 15) is 9.59 Å². The fourth-order valence-electron chi connectivity index (χ4n) is 3.49. The molecular formula is C22H20N2O2S. The number of aryl methyl sites for hydroxylation is 2. The first kappa shape index (κ1) is 17.5. The van der Waals surface area contributed by atoms with Gasteiger partial charge in [-0.15, -0.1) is 11.3 Å². The van der Waals surface area contributed by atoms with E-state index in [1.165, 1.54) is 21.6 Å². The summed E-state index contributed by atoms with van der Waals surface area (Å²) in [5.74, 6) is -0.429. The Bertz CT molecular complexity index is 1020. The van der Waals surface area contributed by atoms with E-state index in [0.717, 1.165) is 23.3 Å². The van der Waals surface area contributed by atoms with Gasteiger partial charge in [-0.25, -0.2) is 0 Å². The van der Waals surface area contributed by atoms with Crippen LogP contribution in [-0.4, -0.2) is 23.8 Å². The van der Waals surface area contributed by atoms with Crippen LogP contribution in [0.25, 0.3) is 10.4 Å². The van der Waals surface area contributed by atoms with Crippen LogP contribution in [0.4, 0.5) is 0 Å². The van der Waals surface area contributed by atoms with Crippen LogP contribution >= 0.6 is 11.3 Å². The van der Waals surface area contributed by atoms with Gasteiger partial charge in [0.1, 0.15) is 0 Å². The van der Waals surface area contributed by atoms with Crippen molar-refractivity contribution in [2.24, 2.45) is 5.73 Å². The number of fused-ring (bicyclic) bond motifs is 3. The van der Waals surface area contributed by atoms with Gasteiger partial charge in [0.15, 0.2) is 0 Å². The van der Waals surface area contributed by atoms with Gasteiger partial charge in [-0.3, -0.25) is 9.59 Å². The molecule has 0 saturated carbocycles. The molecule has 3 aromatic rings. The van der Waals surface area contributed by atoms with Gasteiger partial charge in [-0.2, -0.15) is 0 Å². The minimum atomic E-state index is -0.449. The molecule has 4 nitrogen and oxygen atoms in total. The van der Waals surface area contributed by atoms with Crippen molar-refractivity contribution in [1.29, 1.82) is 0 Å². The number of carbonyl (C=O) groups is 2. The summed E-state index contributed by atoms with van der Waals surface area (Å²) in [6, 6.07) is 17.5. The van der Waals surface area contributed by atoms with Crippen molar-refractivity contribution >= 4 is 23.2 Å². The van der Waals surface area contributed by atoms with E-state index in [4.69, 9.17) is 5.73 Å². The Morgan fingerprint density at radius 1 is 1.04 bits per heavy atom. The SMILES string of the molecule is CN(Cc1ccc(C(N)=O)cc1)C(=O)c1cc2c(s1)-c1ccccc1CC2. The van der Waals surface area contributed by atoms with E-state index in [0.29, 0.717) is 12.1 Å². The van der Waals surface area contributed by atoms with E-state index < -0.39 is 5.91 Å². The molecule has 1 aliphatic carbocycles. The zero-order chi connectivity index (χ0) is 19.0. The van der Waals surface area contributed by atoms with Gasteiger partial charge >= 0.3 is 0 Å². The lowest BCUT2D eigenvalue weighted by molar-refractivity contribution is 0.0789. The van der Waals surface area contributed by atoms with Crippen LogP contribution in [0, 0.1) is 0 Å². The molecule has 0 unspecified atom stereocenters. The van der Waals surface area contributed by atoms with Crippen molar-refractivity contribution in [3.05, 3.63) is 81.7 Å². The van der Waals surface area contributed by atoms with Gasteiger partial charge in [0.25, 0.3) is 5.91 Å². The first-order valence-electron chi connectivity index (χ1n) is 8.88. The van der Waals surface area contributed by atoms with Crippen molar-refractivity contribution in [3.8, 4) is 10.4 Å². The van der Waals surface area contributed by atoms with Crippen LogP contribution in [0.3, 0.4) is 0 Å². The Balaban J connectivity index is 1.53. The van der Waals surface area contributed by atoms with Crippen LogP contribution in [0.5, 0.6) is 0 Å². The Labute approximate surface area is 162 Å². The number of amides is 2. The average molecular weight is 376 g/mol. The van der Waals surface area contributed by atoms with Crippen LogP contribution in [0.2, 0.25) is 0 Å². The molecule has 2 N–H and O–H groups in total. The molecule has 136 valence electrons. The van der Waals surface area contributed by atoms with Crippen LogP contribution in [-0.2, 0) is 19.4 Å². The molecule has 1 heterocycles. The standard InChI is InChI=1S/C22H20N2O2S/c1-24(13-14-6-8-16(9-7-14)21(23)25)22(26)19-12-17-11-10-15-4-2-3-5-18(15)20(17)27-19/h2-9,12H,10-11,13H2,1H3,(H2,23,25). The van der Waals surface area contributed by atoms with Crippen LogP contribution in [0.1, 0.15) is 36.7 Å². The average Bonchev–Trinajstić information content (AvgIpc) is 3.12. The Morgan fingerprint density at radius 2 is 1.74 bits per heavy atom. The highest BCUT2D eigenvalue weighted by molar-refractivity contribution is 7.17. The van der Waals surface area contributed by atoms with Crippen molar-refractivity contribution in [3.63, 3.8) is 0 Å². The van der Waals surface area contributed by atoms with E-state index >= 15 is 0 Å². The maximum atomic E-state index is 12.9. The van der Waals surface area contributed by atoms with Gasteiger partial charge < -0.3 is 10.6 Å². The number of hydrogen-bond acceptors (Lipinski definition) is 3.